The maximum absolute atomic E-state index is 13.2. The lowest BCUT2D eigenvalue weighted by Gasteiger charge is -2.36. The average molecular weight is 400 g/mol. The van der Waals surface area contributed by atoms with E-state index < -0.39 is 16.4 Å². The molecule has 3 unspecified atom stereocenters. The summed E-state index contributed by atoms with van der Waals surface area (Å²) in [5.74, 6) is 0.105. The van der Waals surface area contributed by atoms with Crippen molar-refractivity contribution >= 4 is 22.4 Å². The van der Waals surface area contributed by atoms with Gasteiger partial charge in [0.1, 0.15) is 0 Å². The second kappa shape index (κ2) is 7.43. The Bertz CT molecular complexity index is 944. The van der Waals surface area contributed by atoms with E-state index in [0.717, 1.165) is 16.8 Å². The quantitative estimate of drug-likeness (QED) is 0.861. The molecular weight excluding hydrogens is 374 g/mol. The Morgan fingerprint density at radius 3 is 2.75 bits per heavy atom. The number of ether oxygens (including phenoxy) is 1. The summed E-state index contributed by atoms with van der Waals surface area (Å²) in [5, 5.41) is 11.1. The molecule has 0 saturated carbocycles. The van der Waals surface area contributed by atoms with Crippen LogP contribution < -0.4 is 4.90 Å². The van der Waals surface area contributed by atoms with Gasteiger partial charge in [-0.2, -0.15) is 0 Å². The fourth-order valence-corrected chi connectivity index (χ4v) is 5.26. The average Bonchev–Trinajstić information content (AvgIpc) is 2.70. The predicted octanol–water partition coefficient (Wildman–Crippen LogP) is 3.15. The maximum Gasteiger partial charge on any atom is 0.227 e. The highest BCUT2D eigenvalue weighted by Crippen LogP contribution is 2.36. The molecule has 6 heteroatoms. The van der Waals surface area contributed by atoms with Gasteiger partial charge in [-0.15, -0.1) is 0 Å². The predicted molar refractivity (Wildman–Crippen MR) is 108 cm³/mol. The summed E-state index contributed by atoms with van der Waals surface area (Å²) < 4.78 is 18.8. The molecule has 0 radical (unpaired) electrons. The van der Waals surface area contributed by atoms with Crippen molar-refractivity contribution in [2.24, 2.45) is 0 Å². The molecule has 0 bridgehead atoms. The van der Waals surface area contributed by atoms with E-state index >= 15 is 0 Å². The second-order valence-corrected chi connectivity index (χ2v) is 9.19. The van der Waals surface area contributed by atoms with Crippen molar-refractivity contribution in [2.75, 3.05) is 18.6 Å². The first-order chi connectivity index (χ1) is 13.4. The zero-order chi connectivity index (χ0) is 19.9. The number of aryl methyl sites for hydroxylation is 1. The van der Waals surface area contributed by atoms with Crippen LogP contribution >= 0.6 is 0 Å². The first kappa shape index (κ1) is 19.3. The lowest BCUT2D eigenvalue weighted by Crippen LogP contribution is -2.37. The van der Waals surface area contributed by atoms with Crippen LogP contribution in [0.15, 0.2) is 52.3 Å². The van der Waals surface area contributed by atoms with Gasteiger partial charge in [0.25, 0.3) is 0 Å². The van der Waals surface area contributed by atoms with Crippen molar-refractivity contribution in [1.29, 1.82) is 0 Å². The molecule has 1 saturated heterocycles. The second-order valence-electron chi connectivity index (χ2n) is 7.71. The van der Waals surface area contributed by atoms with Crippen LogP contribution in [0.3, 0.4) is 0 Å². The summed E-state index contributed by atoms with van der Waals surface area (Å²) >= 11 is 0. The minimum Gasteiger partial charge on any atom is -0.385 e. The van der Waals surface area contributed by atoms with E-state index in [9.17, 15) is 14.1 Å². The third-order valence-corrected chi connectivity index (χ3v) is 7.10. The van der Waals surface area contributed by atoms with Gasteiger partial charge in [0.2, 0.25) is 5.91 Å². The number of aliphatic hydroxyl groups is 1. The molecule has 28 heavy (non-hydrogen) atoms. The molecule has 0 aromatic heterocycles. The topological polar surface area (TPSA) is 66.8 Å². The van der Waals surface area contributed by atoms with Crippen molar-refractivity contribution in [3.63, 3.8) is 0 Å². The summed E-state index contributed by atoms with van der Waals surface area (Å²) in [6.45, 7) is 2.48. The summed E-state index contributed by atoms with van der Waals surface area (Å²) in [4.78, 5) is 14.9. The van der Waals surface area contributed by atoms with Crippen LogP contribution in [0.5, 0.6) is 0 Å². The third kappa shape index (κ3) is 3.52. The van der Waals surface area contributed by atoms with Crippen LogP contribution in [0.4, 0.5) is 5.69 Å². The van der Waals surface area contributed by atoms with Crippen molar-refractivity contribution in [2.45, 2.75) is 54.1 Å². The van der Waals surface area contributed by atoms with E-state index in [-0.39, 0.29) is 12.0 Å². The largest absolute Gasteiger partial charge is 0.385 e. The summed E-state index contributed by atoms with van der Waals surface area (Å²) in [5.41, 5.74) is 1.77. The van der Waals surface area contributed by atoms with Gasteiger partial charge in [0.15, 0.2) is 0 Å². The fourth-order valence-electron chi connectivity index (χ4n) is 4.11. The molecule has 148 valence electrons. The van der Waals surface area contributed by atoms with E-state index in [1.165, 1.54) is 0 Å². The van der Waals surface area contributed by atoms with Crippen molar-refractivity contribution in [1.82, 2.24) is 0 Å². The van der Waals surface area contributed by atoms with Crippen molar-refractivity contribution < 1.29 is 18.8 Å². The monoisotopic (exact) mass is 399 g/mol. The lowest BCUT2D eigenvalue weighted by atomic mass is 9.84. The van der Waals surface area contributed by atoms with Gasteiger partial charge in [-0.25, -0.2) is 4.21 Å². The molecule has 2 heterocycles. The van der Waals surface area contributed by atoms with Gasteiger partial charge < -0.3 is 14.7 Å². The number of hydrogen-bond acceptors (Lipinski definition) is 4. The zero-order valence-electron chi connectivity index (χ0n) is 16.2. The molecule has 4 rings (SSSR count). The van der Waals surface area contributed by atoms with Crippen LogP contribution in [-0.2, 0) is 32.4 Å². The lowest BCUT2D eigenvalue weighted by molar-refractivity contribution is -0.118. The molecular formula is C22H25NO4S. The van der Waals surface area contributed by atoms with Crippen LogP contribution in [0.1, 0.15) is 37.3 Å². The summed E-state index contributed by atoms with van der Waals surface area (Å²) in [6, 6.07) is 13.1. The standard InChI is InChI=1S/C22H25NO4S/c1-15-14-22(25,10-11-27-15)17-4-3-5-18(13-17)28(26)19-7-8-20-16(12-19)6-9-21(24)23(20)2/h3-5,7-8,12-13,15,25H,6,9-11,14H2,1-2H3. The SMILES string of the molecule is CC1CC(O)(c2cccc(S(=O)c3ccc4c(c3)CCC(=O)N4C)c2)CCO1. The van der Waals surface area contributed by atoms with Crippen LogP contribution in [0, 0.1) is 0 Å². The summed E-state index contributed by atoms with van der Waals surface area (Å²) in [7, 11) is 0.421. The minimum atomic E-state index is -1.35. The number of rotatable bonds is 3. The van der Waals surface area contributed by atoms with Gasteiger partial charge in [-0.3, -0.25) is 4.79 Å². The fraction of sp³-hybridized carbons (Fsp3) is 0.409. The zero-order valence-corrected chi connectivity index (χ0v) is 17.0. The van der Waals surface area contributed by atoms with Crippen LogP contribution in [0.2, 0.25) is 0 Å². The Labute approximate surface area is 167 Å². The Morgan fingerprint density at radius 2 is 1.96 bits per heavy atom. The van der Waals surface area contributed by atoms with Crippen molar-refractivity contribution in [3.8, 4) is 0 Å². The number of amides is 1. The number of hydrogen-bond donors (Lipinski definition) is 1. The number of fused-ring (bicyclic) bond motifs is 1. The minimum absolute atomic E-state index is 0.00625. The Kier molecular flexibility index (Phi) is 5.12. The molecule has 1 N–H and O–H groups in total. The maximum atomic E-state index is 13.2. The molecule has 0 spiro atoms. The molecule has 5 nitrogen and oxygen atoms in total. The number of anilines is 1. The molecule has 2 aromatic rings. The molecule has 2 aliphatic rings. The first-order valence-electron chi connectivity index (χ1n) is 9.63. The molecule has 3 atom stereocenters. The highest BCUT2D eigenvalue weighted by Gasteiger charge is 2.35. The Morgan fingerprint density at radius 1 is 1.18 bits per heavy atom. The van der Waals surface area contributed by atoms with E-state index in [4.69, 9.17) is 4.74 Å². The highest BCUT2D eigenvalue weighted by atomic mass is 32.2. The highest BCUT2D eigenvalue weighted by molar-refractivity contribution is 7.85. The number of benzene rings is 2. The molecule has 2 aliphatic heterocycles. The van der Waals surface area contributed by atoms with Crippen LogP contribution in [-0.4, -0.2) is 35.0 Å². The third-order valence-electron chi connectivity index (χ3n) is 5.74. The molecule has 1 fully saturated rings. The first-order valence-corrected chi connectivity index (χ1v) is 10.8. The Hall–Kier alpha value is -2.02. The van der Waals surface area contributed by atoms with Gasteiger partial charge >= 0.3 is 0 Å². The van der Waals surface area contributed by atoms with E-state index in [1.54, 1.807) is 11.9 Å². The number of carbonyl (C=O) groups excluding carboxylic acids is 1. The molecule has 1 amide bonds. The van der Waals surface area contributed by atoms with Crippen LogP contribution in [0.25, 0.3) is 0 Å². The smallest absolute Gasteiger partial charge is 0.227 e. The van der Waals surface area contributed by atoms with Crippen molar-refractivity contribution in [3.05, 3.63) is 53.6 Å². The Balaban J connectivity index is 1.63. The van der Waals surface area contributed by atoms with Gasteiger partial charge in [0, 0.05) is 41.8 Å². The van der Waals surface area contributed by atoms with Gasteiger partial charge in [-0.05, 0) is 54.8 Å². The molecule has 0 aliphatic carbocycles. The summed E-state index contributed by atoms with van der Waals surface area (Å²) in [6.07, 6.45) is 2.20. The normalized spacial score (nSPS) is 26.0. The van der Waals surface area contributed by atoms with E-state index in [1.807, 2.05) is 49.4 Å². The van der Waals surface area contributed by atoms with E-state index in [2.05, 4.69) is 0 Å². The van der Waals surface area contributed by atoms with E-state index in [0.29, 0.717) is 42.1 Å². The van der Waals surface area contributed by atoms with Gasteiger partial charge in [0.05, 0.1) is 29.1 Å². The number of carbonyl (C=O) groups is 1. The van der Waals surface area contributed by atoms with Gasteiger partial charge in [-0.1, -0.05) is 12.1 Å². The molecule has 2 aromatic carbocycles. The number of nitrogens with zero attached hydrogens (tertiary/aromatic N) is 1.